The standard InChI is InChI=1S/C11H14N6OS/c1-6(2)18-9-15-8(12)16-11(17-9)19-10-13-4-7(3)5-14-10/h4-6H,1-3H3,(H2,12,15,16,17). The van der Waals surface area contributed by atoms with Crippen LogP contribution in [0, 0.1) is 6.92 Å². The van der Waals surface area contributed by atoms with E-state index in [9.17, 15) is 0 Å². The van der Waals surface area contributed by atoms with Gasteiger partial charge in [-0.25, -0.2) is 9.97 Å². The van der Waals surface area contributed by atoms with Crippen LogP contribution in [0.4, 0.5) is 5.95 Å². The number of aryl methyl sites for hydroxylation is 1. The first-order valence-corrected chi connectivity index (χ1v) is 6.49. The fraction of sp³-hybridized carbons (Fsp3) is 0.364. The van der Waals surface area contributed by atoms with Crippen molar-refractivity contribution in [3.05, 3.63) is 18.0 Å². The molecule has 0 atom stereocenters. The SMILES string of the molecule is Cc1cnc(Sc2nc(N)nc(OC(C)C)n2)nc1. The van der Waals surface area contributed by atoms with Crippen LogP contribution in [-0.2, 0) is 0 Å². The zero-order valence-electron chi connectivity index (χ0n) is 10.9. The zero-order chi connectivity index (χ0) is 13.8. The van der Waals surface area contributed by atoms with Gasteiger partial charge in [-0.05, 0) is 38.1 Å². The minimum Gasteiger partial charge on any atom is -0.461 e. The molecule has 0 amide bonds. The number of rotatable bonds is 4. The molecule has 100 valence electrons. The Labute approximate surface area is 115 Å². The van der Waals surface area contributed by atoms with Gasteiger partial charge in [0.1, 0.15) is 0 Å². The van der Waals surface area contributed by atoms with Gasteiger partial charge in [0.15, 0.2) is 5.16 Å². The van der Waals surface area contributed by atoms with Crippen LogP contribution in [0.3, 0.4) is 0 Å². The molecule has 19 heavy (non-hydrogen) atoms. The molecule has 0 aliphatic carbocycles. The van der Waals surface area contributed by atoms with E-state index in [0.29, 0.717) is 10.3 Å². The van der Waals surface area contributed by atoms with Crippen molar-refractivity contribution in [3.8, 4) is 6.01 Å². The van der Waals surface area contributed by atoms with Gasteiger partial charge in [0.2, 0.25) is 11.1 Å². The van der Waals surface area contributed by atoms with Crippen molar-refractivity contribution in [2.75, 3.05) is 5.73 Å². The van der Waals surface area contributed by atoms with E-state index in [1.54, 1.807) is 12.4 Å². The van der Waals surface area contributed by atoms with Gasteiger partial charge in [-0.1, -0.05) is 0 Å². The maximum atomic E-state index is 5.62. The van der Waals surface area contributed by atoms with Crippen LogP contribution in [0.2, 0.25) is 0 Å². The monoisotopic (exact) mass is 278 g/mol. The van der Waals surface area contributed by atoms with Gasteiger partial charge in [-0.2, -0.15) is 15.0 Å². The average Bonchev–Trinajstić information content (AvgIpc) is 2.30. The summed E-state index contributed by atoms with van der Waals surface area (Å²) < 4.78 is 5.40. The topological polar surface area (TPSA) is 99.7 Å². The quantitative estimate of drug-likeness (QED) is 0.840. The van der Waals surface area contributed by atoms with Crippen molar-refractivity contribution in [1.82, 2.24) is 24.9 Å². The fourth-order valence-electron chi connectivity index (χ4n) is 1.18. The summed E-state index contributed by atoms with van der Waals surface area (Å²) in [6.07, 6.45) is 3.42. The maximum absolute atomic E-state index is 5.62. The molecule has 0 aliphatic heterocycles. The molecule has 2 rings (SSSR count). The Hall–Kier alpha value is -1.96. The Kier molecular flexibility index (Phi) is 4.10. The summed E-state index contributed by atoms with van der Waals surface area (Å²) in [4.78, 5) is 20.4. The zero-order valence-corrected chi connectivity index (χ0v) is 11.7. The van der Waals surface area contributed by atoms with Crippen molar-refractivity contribution in [1.29, 1.82) is 0 Å². The molecule has 0 bridgehead atoms. The highest BCUT2D eigenvalue weighted by atomic mass is 32.2. The van der Waals surface area contributed by atoms with E-state index < -0.39 is 0 Å². The second-order valence-electron chi connectivity index (χ2n) is 4.07. The molecule has 2 aromatic heterocycles. The average molecular weight is 278 g/mol. The Bertz CT molecular complexity index is 560. The van der Waals surface area contributed by atoms with E-state index in [-0.39, 0.29) is 18.1 Å². The van der Waals surface area contributed by atoms with E-state index >= 15 is 0 Å². The van der Waals surface area contributed by atoms with Crippen molar-refractivity contribution < 1.29 is 4.74 Å². The number of hydrogen-bond donors (Lipinski definition) is 1. The highest BCUT2D eigenvalue weighted by Gasteiger charge is 2.10. The van der Waals surface area contributed by atoms with Crippen molar-refractivity contribution in [3.63, 3.8) is 0 Å². The Morgan fingerprint density at radius 2 is 1.79 bits per heavy atom. The van der Waals surface area contributed by atoms with Crippen LogP contribution < -0.4 is 10.5 Å². The highest BCUT2D eigenvalue weighted by molar-refractivity contribution is 7.99. The molecule has 2 N–H and O–H groups in total. The van der Waals surface area contributed by atoms with Crippen LogP contribution in [0.1, 0.15) is 19.4 Å². The third-order valence-electron chi connectivity index (χ3n) is 1.89. The molecule has 0 saturated heterocycles. The molecule has 0 aromatic carbocycles. The lowest BCUT2D eigenvalue weighted by Gasteiger charge is -2.08. The number of anilines is 1. The normalized spacial score (nSPS) is 10.7. The molecule has 0 spiro atoms. The van der Waals surface area contributed by atoms with Crippen LogP contribution in [0.25, 0.3) is 0 Å². The number of aromatic nitrogens is 5. The fourth-order valence-corrected chi connectivity index (χ4v) is 1.81. The second kappa shape index (κ2) is 5.79. The van der Waals surface area contributed by atoms with E-state index in [2.05, 4.69) is 24.9 Å². The van der Waals surface area contributed by atoms with Crippen LogP contribution in [-0.4, -0.2) is 31.0 Å². The number of nitrogens with zero attached hydrogens (tertiary/aromatic N) is 5. The maximum Gasteiger partial charge on any atom is 0.322 e. The van der Waals surface area contributed by atoms with Gasteiger partial charge in [0, 0.05) is 12.4 Å². The van der Waals surface area contributed by atoms with Crippen LogP contribution in [0.15, 0.2) is 22.7 Å². The first kappa shape index (κ1) is 13.5. The summed E-state index contributed by atoms with van der Waals surface area (Å²) in [6.45, 7) is 5.69. The van der Waals surface area contributed by atoms with Crippen LogP contribution >= 0.6 is 11.8 Å². The number of ether oxygens (including phenoxy) is 1. The summed E-state index contributed by atoms with van der Waals surface area (Å²) in [7, 11) is 0. The van der Waals surface area contributed by atoms with Gasteiger partial charge in [0.05, 0.1) is 6.10 Å². The summed E-state index contributed by atoms with van der Waals surface area (Å²) in [6, 6.07) is 0.206. The molecular weight excluding hydrogens is 264 g/mol. The van der Waals surface area contributed by atoms with Gasteiger partial charge >= 0.3 is 6.01 Å². The van der Waals surface area contributed by atoms with Gasteiger partial charge in [-0.3, -0.25) is 0 Å². The number of nitrogen functional groups attached to an aromatic ring is 1. The minimum atomic E-state index is -0.0322. The van der Waals surface area contributed by atoms with Crippen molar-refractivity contribution in [2.24, 2.45) is 0 Å². The largest absolute Gasteiger partial charge is 0.461 e. The molecule has 0 radical (unpaired) electrons. The lowest BCUT2D eigenvalue weighted by Crippen LogP contribution is -2.10. The molecule has 7 nitrogen and oxygen atoms in total. The van der Waals surface area contributed by atoms with Crippen molar-refractivity contribution in [2.45, 2.75) is 37.2 Å². The third kappa shape index (κ3) is 4.02. The lowest BCUT2D eigenvalue weighted by atomic mass is 10.4. The predicted molar refractivity (Wildman–Crippen MR) is 70.9 cm³/mol. The minimum absolute atomic E-state index is 0.0322. The molecule has 0 unspecified atom stereocenters. The molecule has 2 aromatic rings. The lowest BCUT2D eigenvalue weighted by molar-refractivity contribution is 0.219. The predicted octanol–water partition coefficient (Wildman–Crippen LogP) is 1.49. The Balaban J connectivity index is 2.19. The number of nitrogens with two attached hydrogens (primary N) is 1. The second-order valence-corrected chi connectivity index (χ2v) is 5.00. The molecule has 0 aliphatic rings. The third-order valence-corrected chi connectivity index (χ3v) is 2.65. The highest BCUT2D eigenvalue weighted by Crippen LogP contribution is 2.22. The Morgan fingerprint density at radius 3 is 2.42 bits per heavy atom. The summed E-state index contributed by atoms with van der Waals surface area (Å²) in [5, 5.41) is 0.957. The van der Waals surface area contributed by atoms with E-state index in [4.69, 9.17) is 10.5 Å². The molecule has 0 fully saturated rings. The molecule has 8 heteroatoms. The summed E-state index contributed by atoms with van der Waals surface area (Å²) in [5.41, 5.74) is 6.61. The van der Waals surface area contributed by atoms with Gasteiger partial charge < -0.3 is 10.5 Å². The number of hydrogen-bond acceptors (Lipinski definition) is 8. The van der Waals surface area contributed by atoms with E-state index in [1.807, 2.05) is 20.8 Å². The molecule has 2 heterocycles. The van der Waals surface area contributed by atoms with Gasteiger partial charge in [0.25, 0.3) is 0 Å². The molecule has 0 saturated carbocycles. The van der Waals surface area contributed by atoms with Crippen molar-refractivity contribution >= 4 is 17.7 Å². The first-order valence-electron chi connectivity index (χ1n) is 5.67. The molecular formula is C11H14N6OS. The van der Waals surface area contributed by atoms with E-state index in [0.717, 1.165) is 5.56 Å². The Morgan fingerprint density at radius 1 is 1.11 bits per heavy atom. The summed E-state index contributed by atoms with van der Waals surface area (Å²) >= 11 is 1.21. The van der Waals surface area contributed by atoms with E-state index in [1.165, 1.54) is 11.8 Å². The first-order chi connectivity index (χ1) is 9.02. The van der Waals surface area contributed by atoms with Crippen LogP contribution in [0.5, 0.6) is 6.01 Å². The van der Waals surface area contributed by atoms with Gasteiger partial charge in [-0.15, -0.1) is 0 Å². The smallest absolute Gasteiger partial charge is 0.322 e. The summed E-state index contributed by atoms with van der Waals surface area (Å²) in [5.74, 6) is 0.111.